The molecule has 0 radical (unpaired) electrons. The first kappa shape index (κ1) is 24.7. The summed E-state index contributed by atoms with van der Waals surface area (Å²) in [7, 11) is -2.19. The van der Waals surface area contributed by atoms with Crippen molar-refractivity contribution in [1.82, 2.24) is 9.80 Å². The molecular weight excluding hydrogens is 469 g/mol. The van der Waals surface area contributed by atoms with Crippen LogP contribution in [0.1, 0.15) is 15.9 Å². The molecule has 0 bridgehead atoms. The summed E-state index contributed by atoms with van der Waals surface area (Å²) < 4.78 is 45.8. The molecule has 0 aromatic heterocycles. The minimum Gasteiger partial charge on any atom is -0.497 e. The highest BCUT2D eigenvalue weighted by molar-refractivity contribution is 7.92. The van der Waals surface area contributed by atoms with E-state index < -0.39 is 15.8 Å². The number of benzene rings is 3. The van der Waals surface area contributed by atoms with Gasteiger partial charge in [0.25, 0.3) is 15.9 Å². The molecule has 1 amide bonds. The number of nitrogens with one attached hydrogen (secondary N) is 1. The van der Waals surface area contributed by atoms with Crippen molar-refractivity contribution in [2.24, 2.45) is 0 Å². The van der Waals surface area contributed by atoms with Crippen LogP contribution >= 0.6 is 0 Å². The molecule has 4 rings (SSSR count). The van der Waals surface area contributed by atoms with Gasteiger partial charge in [0, 0.05) is 44.0 Å². The van der Waals surface area contributed by atoms with Crippen molar-refractivity contribution in [2.45, 2.75) is 11.3 Å². The Morgan fingerprint density at radius 1 is 0.914 bits per heavy atom. The number of halogens is 1. The molecule has 0 saturated carbocycles. The van der Waals surface area contributed by atoms with Crippen molar-refractivity contribution < 1.29 is 22.3 Å². The van der Waals surface area contributed by atoms with Crippen molar-refractivity contribution in [3.05, 3.63) is 89.7 Å². The zero-order valence-electron chi connectivity index (χ0n) is 19.5. The van der Waals surface area contributed by atoms with E-state index in [0.29, 0.717) is 18.7 Å². The van der Waals surface area contributed by atoms with E-state index in [1.54, 1.807) is 12.0 Å². The number of carbonyl (C=O) groups is 1. The molecule has 1 aliphatic rings. The second-order valence-electron chi connectivity index (χ2n) is 8.37. The standard InChI is InChI=1S/C26H28FN3O4S/c1-34-24-10-2-20(3-11-24)14-15-29-16-18-30(19-17-29)26(31)21-4-12-25(13-5-21)35(32,33)28-23-8-6-22(27)7-9-23/h2-13,28H,14-19H2,1H3. The van der Waals surface area contributed by atoms with Crippen molar-refractivity contribution in [3.63, 3.8) is 0 Å². The Bertz CT molecular complexity index is 1240. The van der Waals surface area contributed by atoms with Gasteiger partial charge >= 0.3 is 0 Å². The number of rotatable bonds is 8. The molecule has 0 unspecified atom stereocenters. The summed E-state index contributed by atoms with van der Waals surface area (Å²) in [6.45, 7) is 3.73. The fourth-order valence-corrected chi connectivity index (χ4v) is 5.00. The van der Waals surface area contributed by atoms with Gasteiger partial charge in [-0.1, -0.05) is 12.1 Å². The maximum absolute atomic E-state index is 13.1. The molecule has 1 aliphatic heterocycles. The van der Waals surface area contributed by atoms with Gasteiger partial charge < -0.3 is 9.64 Å². The number of carbonyl (C=O) groups excluding carboxylic acids is 1. The van der Waals surface area contributed by atoms with Gasteiger partial charge in [-0.2, -0.15) is 0 Å². The van der Waals surface area contributed by atoms with E-state index in [1.807, 2.05) is 12.1 Å². The van der Waals surface area contributed by atoms with Crippen LogP contribution in [0.25, 0.3) is 0 Å². The first-order valence-corrected chi connectivity index (χ1v) is 12.9. The van der Waals surface area contributed by atoms with Crippen LogP contribution in [0, 0.1) is 5.82 Å². The van der Waals surface area contributed by atoms with E-state index in [4.69, 9.17) is 4.74 Å². The molecule has 1 fully saturated rings. The van der Waals surface area contributed by atoms with Gasteiger partial charge in [0.2, 0.25) is 0 Å². The molecule has 7 nitrogen and oxygen atoms in total. The maximum atomic E-state index is 13.1. The lowest BCUT2D eigenvalue weighted by Gasteiger charge is -2.34. The third kappa shape index (κ3) is 6.37. The van der Waals surface area contributed by atoms with Crippen molar-refractivity contribution >= 4 is 21.6 Å². The van der Waals surface area contributed by atoms with Crippen LogP contribution in [0.3, 0.4) is 0 Å². The van der Waals surface area contributed by atoms with Gasteiger partial charge in [0.15, 0.2) is 0 Å². The maximum Gasteiger partial charge on any atom is 0.261 e. The summed E-state index contributed by atoms with van der Waals surface area (Å²) in [6, 6.07) is 19.0. The molecule has 0 aliphatic carbocycles. The van der Waals surface area contributed by atoms with Crippen molar-refractivity contribution in [1.29, 1.82) is 0 Å². The normalized spacial score (nSPS) is 14.5. The van der Waals surface area contributed by atoms with Crippen LogP contribution in [0.4, 0.5) is 10.1 Å². The first-order valence-electron chi connectivity index (χ1n) is 11.4. The van der Waals surface area contributed by atoms with Gasteiger partial charge in [-0.25, -0.2) is 12.8 Å². The highest BCUT2D eigenvalue weighted by atomic mass is 32.2. The van der Waals surface area contributed by atoms with Gasteiger partial charge in [0.1, 0.15) is 11.6 Å². The Kier molecular flexibility index (Phi) is 7.67. The summed E-state index contributed by atoms with van der Waals surface area (Å²) in [5.74, 6) is 0.278. The smallest absolute Gasteiger partial charge is 0.261 e. The van der Waals surface area contributed by atoms with Crippen LogP contribution in [0.5, 0.6) is 5.75 Å². The average molecular weight is 498 g/mol. The molecule has 0 spiro atoms. The summed E-state index contributed by atoms with van der Waals surface area (Å²) in [6.07, 6.45) is 0.930. The molecule has 0 atom stereocenters. The largest absolute Gasteiger partial charge is 0.497 e. The highest BCUT2D eigenvalue weighted by Gasteiger charge is 2.23. The molecule has 35 heavy (non-hydrogen) atoms. The van der Waals surface area contributed by atoms with E-state index in [2.05, 4.69) is 21.8 Å². The molecule has 184 valence electrons. The second kappa shape index (κ2) is 10.9. The lowest BCUT2D eigenvalue weighted by Crippen LogP contribution is -2.49. The molecule has 3 aromatic carbocycles. The predicted molar refractivity (Wildman–Crippen MR) is 133 cm³/mol. The third-order valence-electron chi connectivity index (χ3n) is 6.04. The van der Waals surface area contributed by atoms with Gasteiger partial charge in [-0.3, -0.25) is 14.4 Å². The Morgan fingerprint density at radius 2 is 1.54 bits per heavy atom. The van der Waals surface area contributed by atoms with Crippen LogP contribution in [0.15, 0.2) is 77.7 Å². The Hall–Kier alpha value is -3.43. The molecule has 1 heterocycles. The average Bonchev–Trinajstić information content (AvgIpc) is 2.89. The van der Waals surface area contributed by atoms with Crippen LogP contribution < -0.4 is 9.46 Å². The van der Waals surface area contributed by atoms with Gasteiger partial charge in [-0.15, -0.1) is 0 Å². The third-order valence-corrected chi connectivity index (χ3v) is 7.44. The Morgan fingerprint density at radius 3 is 2.14 bits per heavy atom. The number of hydrogen-bond donors (Lipinski definition) is 1. The van der Waals surface area contributed by atoms with Gasteiger partial charge in [0.05, 0.1) is 12.0 Å². The number of amides is 1. The lowest BCUT2D eigenvalue weighted by molar-refractivity contribution is 0.0638. The van der Waals surface area contributed by atoms with E-state index in [9.17, 15) is 17.6 Å². The summed E-state index contributed by atoms with van der Waals surface area (Å²) in [5, 5.41) is 0. The molecular formula is C26H28FN3O4S. The Labute approximate surface area is 205 Å². The monoisotopic (exact) mass is 497 g/mol. The number of hydrogen-bond acceptors (Lipinski definition) is 5. The number of sulfonamides is 1. The van der Waals surface area contributed by atoms with Gasteiger partial charge in [-0.05, 0) is 72.6 Å². The number of methoxy groups -OCH3 is 1. The van der Waals surface area contributed by atoms with E-state index >= 15 is 0 Å². The Balaban J connectivity index is 1.29. The minimum absolute atomic E-state index is 0.0294. The SMILES string of the molecule is COc1ccc(CCN2CCN(C(=O)c3ccc(S(=O)(=O)Nc4ccc(F)cc4)cc3)CC2)cc1. The zero-order chi connectivity index (χ0) is 24.8. The quantitative estimate of drug-likeness (QED) is 0.514. The predicted octanol–water partition coefficient (Wildman–Crippen LogP) is 3.64. The number of piperazine rings is 1. The topological polar surface area (TPSA) is 79.0 Å². The zero-order valence-corrected chi connectivity index (χ0v) is 20.3. The summed E-state index contributed by atoms with van der Waals surface area (Å²) >= 11 is 0. The number of anilines is 1. The van der Waals surface area contributed by atoms with Crippen LogP contribution in [0.2, 0.25) is 0 Å². The minimum atomic E-state index is -3.85. The fraction of sp³-hybridized carbons (Fsp3) is 0.269. The highest BCUT2D eigenvalue weighted by Crippen LogP contribution is 2.18. The van der Waals surface area contributed by atoms with E-state index in [1.165, 1.54) is 54.1 Å². The summed E-state index contributed by atoms with van der Waals surface area (Å²) in [4.78, 5) is 17.1. The van der Waals surface area contributed by atoms with Crippen molar-refractivity contribution in [3.8, 4) is 5.75 Å². The molecule has 3 aromatic rings. The number of ether oxygens (including phenoxy) is 1. The van der Waals surface area contributed by atoms with E-state index in [-0.39, 0.29) is 16.5 Å². The molecule has 1 saturated heterocycles. The molecule has 1 N–H and O–H groups in total. The number of nitrogens with zero attached hydrogens (tertiary/aromatic N) is 2. The van der Waals surface area contributed by atoms with Crippen molar-refractivity contribution in [2.75, 3.05) is 44.6 Å². The van der Waals surface area contributed by atoms with Crippen LogP contribution in [-0.2, 0) is 16.4 Å². The molecule has 9 heteroatoms. The van der Waals surface area contributed by atoms with Crippen LogP contribution in [-0.4, -0.2) is 64.0 Å². The fourth-order valence-electron chi connectivity index (χ4n) is 3.95. The van der Waals surface area contributed by atoms with E-state index in [0.717, 1.165) is 31.8 Å². The summed E-state index contributed by atoms with van der Waals surface area (Å²) in [5.41, 5.74) is 1.95. The lowest BCUT2D eigenvalue weighted by atomic mass is 10.1. The second-order valence-corrected chi connectivity index (χ2v) is 10.1. The first-order chi connectivity index (χ1) is 16.8.